The van der Waals surface area contributed by atoms with Crippen molar-refractivity contribution in [3.8, 4) is 0 Å². The first-order valence-corrected chi connectivity index (χ1v) is 6.11. The van der Waals surface area contributed by atoms with Crippen LogP contribution in [-0.2, 0) is 9.53 Å². The zero-order chi connectivity index (χ0) is 13.7. The van der Waals surface area contributed by atoms with Crippen molar-refractivity contribution in [1.82, 2.24) is 10.2 Å². The third-order valence-corrected chi connectivity index (χ3v) is 2.66. The van der Waals surface area contributed by atoms with Crippen LogP contribution in [0.2, 0.25) is 0 Å². The summed E-state index contributed by atoms with van der Waals surface area (Å²) in [7, 11) is 5.72. The fourth-order valence-corrected chi connectivity index (χ4v) is 1.80. The summed E-state index contributed by atoms with van der Waals surface area (Å²) in [6.45, 7) is 9.45. The fourth-order valence-electron chi connectivity index (χ4n) is 1.80. The van der Waals surface area contributed by atoms with Crippen LogP contribution in [0.5, 0.6) is 0 Å². The van der Waals surface area contributed by atoms with Crippen molar-refractivity contribution in [2.75, 3.05) is 34.3 Å². The summed E-state index contributed by atoms with van der Waals surface area (Å²) >= 11 is 0. The Morgan fingerprint density at radius 3 is 2.12 bits per heavy atom. The van der Waals surface area contributed by atoms with Crippen LogP contribution < -0.4 is 5.32 Å². The van der Waals surface area contributed by atoms with Gasteiger partial charge in [0, 0.05) is 6.54 Å². The quantitative estimate of drug-likeness (QED) is 0.719. The first kappa shape index (κ1) is 16.4. The number of carbonyl (C=O) groups excluding carboxylic acids is 1. The van der Waals surface area contributed by atoms with Crippen LogP contribution in [0.4, 0.5) is 0 Å². The van der Waals surface area contributed by atoms with Crippen molar-refractivity contribution >= 4 is 5.97 Å². The van der Waals surface area contributed by atoms with Crippen LogP contribution >= 0.6 is 0 Å². The van der Waals surface area contributed by atoms with E-state index >= 15 is 0 Å². The molecule has 4 heteroatoms. The Labute approximate surface area is 106 Å². The second-order valence-corrected chi connectivity index (χ2v) is 6.26. The van der Waals surface area contributed by atoms with E-state index in [0.717, 1.165) is 13.0 Å². The van der Waals surface area contributed by atoms with Gasteiger partial charge in [0.05, 0.1) is 0 Å². The van der Waals surface area contributed by atoms with E-state index < -0.39 is 5.54 Å². The molecule has 0 fully saturated rings. The number of esters is 1. The maximum Gasteiger partial charge on any atom is 0.326 e. The molecule has 1 unspecified atom stereocenters. The number of carbonyl (C=O) groups is 1. The molecule has 0 bridgehead atoms. The predicted molar refractivity (Wildman–Crippen MR) is 71.0 cm³/mol. The number of nitrogens with one attached hydrogen (secondary N) is 1. The van der Waals surface area contributed by atoms with E-state index in [1.807, 2.05) is 25.9 Å². The molecule has 0 heterocycles. The van der Waals surface area contributed by atoms with E-state index in [9.17, 15) is 4.79 Å². The number of likely N-dealkylation sites (N-methyl/N-ethyl adjacent to an activating group) is 2. The van der Waals surface area contributed by atoms with Gasteiger partial charge in [0.1, 0.15) is 12.1 Å². The summed E-state index contributed by atoms with van der Waals surface area (Å²) in [4.78, 5) is 14.0. The minimum atomic E-state index is -0.607. The highest BCUT2D eigenvalue weighted by Crippen LogP contribution is 2.27. The molecule has 0 aliphatic heterocycles. The van der Waals surface area contributed by atoms with E-state index in [2.05, 4.69) is 26.1 Å². The van der Waals surface area contributed by atoms with Crippen LogP contribution in [-0.4, -0.2) is 50.7 Å². The first-order chi connectivity index (χ1) is 7.60. The van der Waals surface area contributed by atoms with Crippen molar-refractivity contribution in [2.45, 2.75) is 39.7 Å². The van der Waals surface area contributed by atoms with E-state index in [1.165, 1.54) is 0 Å². The Morgan fingerprint density at radius 2 is 1.76 bits per heavy atom. The minimum Gasteiger partial charge on any atom is -0.463 e. The third-order valence-electron chi connectivity index (χ3n) is 2.66. The number of hydrogen-bond donors (Lipinski definition) is 1. The lowest BCUT2D eigenvalue weighted by atomic mass is 9.81. The highest BCUT2D eigenvalue weighted by atomic mass is 16.5. The van der Waals surface area contributed by atoms with Gasteiger partial charge in [-0.25, -0.2) is 0 Å². The Morgan fingerprint density at radius 1 is 1.24 bits per heavy atom. The molecule has 0 rings (SSSR count). The fraction of sp³-hybridized carbons (Fsp3) is 0.923. The summed E-state index contributed by atoms with van der Waals surface area (Å²) in [6, 6.07) is 0. The number of ether oxygens (including phenoxy) is 1. The number of hydrogen-bond acceptors (Lipinski definition) is 4. The van der Waals surface area contributed by atoms with E-state index in [-0.39, 0.29) is 11.4 Å². The van der Waals surface area contributed by atoms with Gasteiger partial charge in [-0.05, 0) is 39.9 Å². The molecule has 0 aliphatic carbocycles. The molecular weight excluding hydrogens is 216 g/mol. The maximum atomic E-state index is 12.1. The largest absolute Gasteiger partial charge is 0.463 e. The molecule has 0 aromatic carbocycles. The zero-order valence-corrected chi connectivity index (χ0v) is 12.4. The van der Waals surface area contributed by atoms with Gasteiger partial charge in [-0.3, -0.25) is 4.79 Å². The minimum absolute atomic E-state index is 0.0817. The van der Waals surface area contributed by atoms with Gasteiger partial charge in [0.2, 0.25) is 0 Å². The van der Waals surface area contributed by atoms with Gasteiger partial charge in [-0.1, -0.05) is 20.8 Å². The van der Waals surface area contributed by atoms with Gasteiger partial charge in [-0.2, -0.15) is 0 Å². The number of rotatable bonds is 6. The van der Waals surface area contributed by atoms with Crippen molar-refractivity contribution in [2.24, 2.45) is 5.41 Å². The van der Waals surface area contributed by atoms with Crippen LogP contribution in [0.25, 0.3) is 0 Å². The number of nitrogens with zero attached hydrogens (tertiary/aromatic N) is 1. The lowest BCUT2D eigenvalue weighted by Gasteiger charge is -2.33. The van der Waals surface area contributed by atoms with Gasteiger partial charge < -0.3 is 15.0 Å². The van der Waals surface area contributed by atoms with Crippen molar-refractivity contribution in [3.05, 3.63) is 0 Å². The zero-order valence-electron chi connectivity index (χ0n) is 12.4. The Kier molecular flexibility index (Phi) is 6.13. The second-order valence-electron chi connectivity index (χ2n) is 6.26. The molecule has 1 atom stereocenters. The average Bonchev–Trinajstić information content (AvgIpc) is 2.14. The lowest BCUT2D eigenvalue weighted by molar-refractivity contribution is -0.152. The van der Waals surface area contributed by atoms with E-state index in [0.29, 0.717) is 6.61 Å². The molecular formula is C13H28N2O2. The predicted octanol–water partition coefficient (Wildman–Crippen LogP) is 1.51. The monoisotopic (exact) mass is 244 g/mol. The average molecular weight is 244 g/mol. The molecule has 0 saturated heterocycles. The van der Waals surface area contributed by atoms with E-state index in [1.54, 1.807) is 7.05 Å². The normalized spacial score (nSPS) is 15.8. The second kappa shape index (κ2) is 6.36. The summed E-state index contributed by atoms with van der Waals surface area (Å²) < 4.78 is 5.31. The highest BCUT2D eigenvalue weighted by Gasteiger charge is 2.37. The molecule has 0 saturated carbocycles. The van der Waals surface area contributed by atoms with E-state index in [4.69, 9.17) is 4.74 Å². The van der Waals surface area contributed by atoms with Crippen molar-refractivity contribution in [3.63, 3.8) is 0 Å². The molecule has 0 spiro atoms. The summed E-state index contributed by atoms with van der Waals surface area (Å²) in [5.74, 6) is -0.170. The molecule has 102 valence electrons. The van der Waals surface area contributed by atoms with Crippen molar-refractivity contribution < 1.29 is 9.53 Å². The molecule has 0 aromatic heterocycles. The van der Waals surface area contributed by atoms with Crippen molar-refractivity contribution in [1.29, 1.82) is 0 Å². The maximum absolute atomic E-state index is 12.1. The lowest BCUT2D eigenvalue weighted by Crippen LogP contribution is -2.51. The molecule has 17 heavy (non-hydrogen) atoms. The van der Waals surface area contributed by atoms with Crippen LogP contribution in [0.1, 0.15) is 34.1 Å². The molecule has 4 nitrogen and oxygen atoms in total. The smallest absolute Gasteiger partial charge is 0.326 e. The highest BCUT2D eigenvalue weighted by molar-refractivity contribution is 5.80. The molecule has 0 aliphatic rings. The SMILES string of the molecule is CNC(C)(CC(C)(C)C)C(=O)OCCN(C)C. The van der Waals surface area contributed by atoms with Crippen LogP contribution in [0, 0.1) is 5.41 Å². The third kappa shape index (κ3) is 6.64. The first-order valence-electron chi connectivity index (χ1n) is 6.11. The standard InChI is InChI=1S/C13H28N2O2/c1-12(2,3)10-13(4,14-5)11(16)17-9-8-15(6)7/h14H,8-10H2,1-7H3. The topological polar surface area (TPSA) is 41.6 Å². The molecule has 0 aromatic rings. The van der Waals surface area contributed by atoms with Gasteiger partial charge in [-0.15, -0.1) is 0 Å². The summed E-state index contributed by atoms with van der Waals surface area (Å²) in [6.07, 6.45) is 0.747. The molecule has 0 amide bonds. The van der Waals surface area contributed by atoms with Gasteiger partial charge >= 0.3 is 5.97 Å². The summed E-state index contributed by atoms with van der Waals surface area (Å²) in [5, 5.41) is 3.08. The van der Waals surface area contributed by atoms with Gasteiger partial charge in [0.15, 0.2) is 0 Å². The van der Waals surface area contributed by atoms with Gasteiger partial charge in [0.25, 0.3) is 0 Å². The molecule has 1 N–H and O–H groups in total. The van der Waals surface area contributed by atoms with Crippen LogP contribution in [0.15, 0.2) is 0 Å². The Balaban J connectivity index is 4.38. The summed E-state index contributed by atoms with van der Waals surface area (Å²) in [5.41, 5.74) is -0.525. The van der Waals surface area contributed by atoms with Crippen LogP contribution in [0.3, 0.4) is 0 Å². The Bertz CT molecular complexity index is 246. The Hall–Kier alpha value is -0.610. The molecule has 0 radical (unpaired) electrons.